The first-order valence-corrected chi connectivity index (χ1v) is 2.92. The van der Waals surface area contributed by atoms with E-state index in [2.05, 4.69) is 10.5 Å². The van der Waals surface area contributed by atoms with Crippen LogP contribution >= 0.6 is 0 Å². The zero-order valence-electron chi connectivity index (χ0n) is 6.02. The summed E-state index contributed by atoms with van der Waals surface area (Å²) in [6.45, 7) is -0.278. The molecule has 0 saturated heterocycles. The SMILES string of the molecule is NCC(=O)O.O=C1C=CC(=O)O1. The molecule has 0 aliphatic carbocycles. The van der Waals surface area contributed by atoms with Crippen LogP contribution < -0.4 is 5.73 Å². The van der Waals surface area contributed by atoms with Crippen molar-refractivity contribution in [2.75, 3.05) is 6.54 Å². The average Bonchev–Trinajstić information content (AvgIpc) is 2.36. The zero-order valence-corrected chi connectivity index (χ0v) is 6.02. The number of carbonyl (C=O) groups is 3. The van der Waals surface area contributed by atoms with Gasteiger partial charge in [0.25, 0.3) is 0 Å². The van der Waals surface area contributed by atoms with Gasteiger partial charge in [0.15, 0.2) is 0 Å². The first-order valence-electron chi connectivity index (χ1n) is 2.92. The highest BCUT2D eigenvalue weighted by Crippen LogP contribution is 1.92. The molecular formula is C6H7NO5. The largest absolute Gasteiger partial charge is 0.480 e. The predicted molar refractivity (Wildman–Crippen MR) is 36.9 cm³/mol. The third kappa shape index (κ3) is 5.12. The Morgan fingerprint density at radius 3 is 1.83 bits per heavy atom. The van der Waals surface area contributed by atoms with Crippen molar-refractivity contribution < 1.29 is 24.2 Å². The standard InChI is InChI=1S/C4H2O3.C2H5NO2/c5-3-1-2-4(6)7-3;3-1-2(4)5/h1-2H;1,3H2,(H,4,5). The number of cyclic esters (lactones) is 2. The second-order valence-electron chi connectivity index (χ2n) is 1.67. The molecule has 1 aliphatic rings. The molecule has 0 aromatic heterocycles. The molecule has 0 atom stereocenters. The van der Waals surface area contributed by atoms with Crippen molar-refractivity contribution in [3.8, 4) is 0 Å². The highest BCUT2D eigenvalue weighted by atomic mass is 16.6. The van der Waals surface area contributed by atoms with Crippen LogP contribution in [-0.2, 0) is 19.1 Å². The number of carbonyl (C=O) groups excluding carboxylic acids is 2. The first kappa shape index (κ1) is 10.3. The van der Waals surface area contributed by atoms with Gasteiger partial charge in [-0.15, -0.1) is 0 Å². The summed E-state index contributed by atoms with van der Waals surface area (Å²) in [5.74, 6) is -2.12. The molecule has 1 rings (SSSR count). The van der Waals surface area contributed by atoms with Crippen molar-refractivity contribution in [3.05, 3.63) is 12.2 Å². The van der Waals surface area contributed by atoms with Crippen molar-refractivity contribution in [1.82, 2.24) is 0 Å². The number of carboxylic acids is 1. The smallest absolute Gasteiger partial charge is 0.338 e. The molecule has 0 radical (unpaired) electrons. The van der Waals surface area contributed by atoms with E-state index in [1.54, 1.807) is 0 Å². The van der Waals surface area contributed by atoms with Crippen LogP contribution in [0.15, 0.2) is 12.2 Å². The first-order chi connectivity index (χ1) is 5.56. The summed E-state index contributed by atoms with van der Waals surface area (Å²) < 4.78 is 3.97. The van der Waals surface area contributed by atoms with E-state index in [4.69, 9.17) is 5.11 Å². The fourth-order valence-electron chi connectivity index (χ4n) is 0.303. The van der Waals surface area contributed by atoms with E-state index >= 15 is 0 Å². The Bertz CT molecular complexity index is 216. The Morgan fingerprint density at radius 2 is 1.75 bits per heavy atom. The van der Waals surface area contributed by atoms with Gasteiger partial charge in [0, 0.05) is 12.2 Å². The molecular weight excluding hydrogens is 166 g/mol. The van der Waals surface area contributed by atoms with E-state index in [0.717, 1.165) is 12.2 Å². The van der Waals surface area contributed by atoms with E-state index in [9.17, 15) is 14.4 Å². The maximum Gasteiger partial charge on any atom is 0.338 e. The van der Waals surface area contributed by atoms with E-state index < -0.39 is 17.9 Å². The monoisotopic (exact) mass is 173 g/mol. The van der Waals surface area contributed by atoms with Crippen molar-refractivity contribution in [1.29, 1.82) is 0 Å². The van der Waals surface area contributed by atoms with Crippen LogP contribution in [0.25, 0.3) is 0 Å². The number of rotatable bonds is 1. The topological polar surface area (TPSA) is 107 Å². The number of carboxylic acid groups (broad SMARTS) is 1. The molecule has 6 heteroatoms. The van der Waals surface area contributed by atoms with Crippen molar-refractivity contribution in [2.24, 2.45) is 5.73 Å². The van der Waals surface area contributed by atoms with Gasteiger partial charge < -0.3 is 15.6 Å². The summed E-state index contributed by atoms with van der Waals surface area (Å²) in [5, 5.41) is 7.60. The lowest BCUT2D eigenvalue weighted by Crippen LogP contribution is -2.10. The molecule has 3 N–H and O–H groups in total. The van der Waals surface area contributed by atoms with Crippen LogP contribution in [0, 0.1) is 0 Å². The maximum absolute atomic E-state index is 9.92. The molecule has 0 aromatic rings. The van der Waals surface area contributed by atoms with E-state index in [1.165, 1.54) is 0 Å². The minimum atomic E-state index is -0.968. The highest BCUT2D eigenvalue weighted by Gasteiger charge is 2.10. The lowest BCUT2D eigenvalue weighted by Gasteiger charge is -1.80. The van der Waals surface area contributed by atoms with Gasteiger partial charge >= 0.3 is 17.9 Å². The number of hydrogen-bond acceptors (Lipinski definition) is 5. The van der Waals surface area contributed by atoms with Gasteiger partial charge in [0.05, 0.1) is 6.54 Å². The summed E-state index contributed by atoms with van der Waals surface area (Å²) in [4.78, 5) is 29.1. The maximum atomic E-state index is 9.92. The minimum absolute atomic E-state index is 0.278. The Kier molecular flexibility index (Phi) is 4.32. The normalized spacial score (nSPS) is 13.4. The molecule has 0 aromatic carbocycles. The molecule has 0 unspecified atom stereocenters. The van der Waals surface area contributed by atoms with E-state index in [0.29, 0.717) is 0 Å². The summed E-state index contributed by atoms with van der Waals surface area (Å²) >= 11 is 0. The number of aliphatic carboxylic acids is 1. The van der Waals surface area contributed by atoms with E-state index in [-0.39, 0.29) is 6.54 Å². The predicted octanol–water partition coefficient (Wildman–Crippen LogP) is -1.34. The van der Waals surface area contributed by atoms with Crippen molar-refractivity contribution >= 4 is 17.9 Å². The lowest BCUT2D eigenvalue weighted by molar-refractivity contribution is -0.150. The molecule has 0 saturated carbocycles. The van der Waals surface area contributed by atoms with Crippen LogP contribution in [0.4, 0.5) is 0 Å². The second-order valence-corrected chi connectivity index (χ2v) is 1.67. The van der Waals surface area contributed by atoms with Crippen LogP contribution in [0.2, 0.25) is 0 Å². The van der Waals surface area contributed by atoms with Crippen LogP contribution in [-0.4, -0.2) is 29.6 Å². The Labute approximate surface area is 67.6 Å². The van der Waals surface area contributed by atoms with Gasteiger partial charge in [-0.3, -0.25) is 4.79 Å². The number of esters is 2. The molecule has 0 fully saturated rings. The Hall–Kier alpha value is -1.69. The number of ether oxygens (including phenoxy) is 1. The van der Waals surface area contributed by atoms with Crippen LogP contribution in [0.1, 0.15) is 0 Å². The summed E-state index contributed by atoms with van der Waals surface area (Å²) in [6.07, 6.45) is 2.17. The number of hydrogen-bond donors (Lipinski definition) is 2. The third-order valence-electron chi connectivity index (χ3n) is 0.731. The van der Waals surface area contributed by atoms with Gasteiger partial charge in [0.1, 0.15) is 0 Å². The Balaban J connectivity index is 0.000000217. The van der Waals surface area contributed by atoms with Crippen LogP contribution in [0.5, 0.6) is 0 Å². The number of nitrogens with two attached hydrogens (primary N) is 1. The zero-order chi connectivity index (χ0) is 9.56. The molecule has 12 heavy (non-hydrogen) atoms. The summed E-state index contributed by atoms with van der Waals surface area (Å²) in [6, 6.07) is 0. The quantitative estimate of drug-likeness (QED) is 0.375. The van der Waals surface area contributed by atoms with Crippen LogP contribution in [0.3, 0.4) is 0 Å². The van der Waals surface area contributed by atoms with Gasteiger partial charge in [-0.05, 0) is 0 Å². The molecule has 0 spiro atoms. The summed E-state index contributed by atoms with van der Waals surface area (Å²) in [7, 11) is 0. The van der Waals surface area contributed by atoms with Gasteiger partial charge in [-0.1, -0.05) is 0 Å². The molecule has 1 aliphatic heterocycles. The van der Waals surface area contributed by atoms with Gasteiger partial charge in [-0.2, -0.15) is 0 Å². The Morgan fingerprint density at radius 1 is 1.42 bits per heavy atom. The molecule has 6 nitrogen and oxygen atoms in total. The summed E-state index contributed by atoms with van der Waals surface area (Å²) in [5.41, 5.74) is 4.57. The second kappa shape index (κ2) is 5.03. The third-order valence-corrected chi connectivity index (χ3v) is 0.731. The van der Waals surface area contributed by atoms with E-state index in [1.807, 2.05) is 0 Å². The van der Waals surface area contributed by atoms with Crippen molar-refractivity contribution in [2.45, 2.75) is 0 Å². The fourth-order valence-corrected chi connectivity index (χ4v) is 0.303. The highest BCUT2D eigenvalue weighted by molar-refractivity contribution is 6.04. The van der Waals surface area contributed by atoms with Crippen molar-refractivity contribution in [3.63, 3.8) is 0 Å². The molecule has 0 amide bonds. The average molecular weight is 173 g/mol. The van der Waals surface area contributed by atoms with Gasteiger partial charge in [0.2, 0.25) is 0 Å². The molecule has 66 valence electrons. The fraction of sp³-hybridized carbons (Fsp3) is 0.167. The minimum Gasteiger partial charge on any atom is -0.480 e. The lowest BCUT2D eigenvalue weighted by atomic mass is 10.6. The van der Waals surface area contributed by atoms with Gasteiger partial charge in [-0.25, -0.2) is 9.59 Å². The molecule has 1 heterocycles. The molecule has 0 bridgehead atoms.